The fraction of sp³-hybridized carbons (Fsp3) is 0.318. The quantitative estimate of drug-likeness (QED) is 0.401. The van der Waals surface area contributed by atoms with Gasteiger partial charge in [0.2, 0.25) is 0 Å². The zero-order valence-corrected chi connectivity index (χ0v) is 18.4. The summed E-state index contributed by atoms with van der Waals surface area (Å²) in [6.45, 7) is 14.5. The fourth-order valence-corrected chi connectivity index (χ4v) is 3.15. The van der Waals surface area contributed by atoms with Crippen molar-refractivity contribution in [3.05, 3.63) is 64.2 Å². The first-order valence-electron chi connectivity index (χ1n) is 9.67. The Morgan fingerprint density at radius 2 is 1.63 bits per heavy atom. The third-order valence-corrected chi connectivity index (χ3v) is 4.61. The molecule has 0 saturated heterocycles. The van der Waals surface area contributed by atoms with Crippen LogP contribution in [0.15, 0.2) is 41.5 Å². The van der Waals surface area contributed by atoms with E-state index in [-0.39, 0.29) is 5.91 Å². The van der Waals surface area contributed by atoms with E-state index in [0.29, 0.717) is 16.6 Å². The second-order valence-corrected chi connectivity index (χ2v) is 8.39. The van der Waals surface area contributed by atoms with E-state index in [2.05, 4.69) is 22.6 Å². The lowest BCUT2D eigenvalue weighted by molar-refractivity contribution is 0.0358. The van der Waals surface area contributed by atoms with Gasteiger partial charge in [-0.1, -0.05) is 28.8 Å². The van der Waals surface area contributed by atoms with E-state index < -0.39 is 18.5 Å². The van der Waals surface area contributed by atoms with Gasteiger partial charge in [0, 0.05) is 17.8 Å². The molecule has 0 atom stereocenters. The van der Waals surface area contributed by atoms with Gasteiger partial charge in [0.1, 0.15) is 0 Å². The lowest BCUT2D eigenvalue weighted by atomic mass is 9.72. The second-order valence-electron chi connectivity index (χ2n) is 8.39. The van der Waals surface area contributed by atoms with Gasteiger partial charge in [-0.2, -0.15) is 0 Å². The van der Waals surface area contributed by atoms with Crippen molar-refractivity contribution < 1.29 is 14.6 Å². The highest BCUT2D eigenvalue weighted by Gasteiger charge is 2.30. The van der Waals surface area contributed by atoms with Gasteiger partial charge in [0.05, 0.1) is 5.54 Å². The van der Waals surface area contributed by atoms with Crippen molar-refractivity contribution >= 4 is 31.0 Å². The minimum Gasteiger partial charge on any atom is -0.428 e. The molecule has 0 heterocycles. The summed E-state index contributed by atoms with van der Waals surface area (Å²) in [6, 6.07) is 10.5. The number of hydrazine groups is 1. The van der Waals surface area contributed by atoms with Crippen LogP contribution in [-0.2, 0) is 0 Å². The van der Waals surface area contributed by atoms with Gasteiger partial charge in [-0.25, -0.2) is 10.1 Å². The van der Waals surface area contributed by atoms with Crippen LogP contribution in [0.2, 0.25) is 0 Å². The molecule has 0 spiro atoms. The molecule has 30 heavy (non-hydrogen) atoms. The zero-order valence-electron chi connectivity index (χ0n) is 18.4. The van der Waals surface area contributed by atoms with Crippen molar-refractivity contribution in [3.8, 4) is 0 Å². The van der Waals surface area contributed by atoms with Crippen molar-refractivity contribution in [2.45, 2.75) is 47.1 Å². The normalized spacial score (nSPS) is 10.9. The Hall–Kier alpha value is -3.13. The molecule has 0 radical (unpaired) electrons. The Morgan fingerprint density at radius 3 is 2.17 bits per heavy atom. The van der Waals surface area contributed by atoms with Crippen LogP contribution in [0.25, 0.3) is 0 Å². The number of nitrogens with zero attached hydrogens (tertiary/aromatic N) is 2. The molecule has 0 unspecified atom stereocenters. The molecule has 158 valence electrons. The van der Waals surface area contributed by atoms with Gasteiger partial charge < -0.3 is 10.4 Å². The maximum absolute atomic E-state index is 13.2. The number of hydrogen-bond acceptors (Lipinski definition) is 5. The largest absolute Gasteiger partial charge is 0.463 e. The molecule has 8 heteroatoms. The van der Waals surface area contributed by atoms with Crippen molar-refractivity contribution in [1.82, 2.24) is 15.8 Å². The molecule has 2 amide bonds. The van der Waals surface area contributed by atoms with Gasteiger partial charge in [0.15, 0.2) is 0 Å². The van der Waals surface area contributed by atoms with Crippen molar-refractivity contribution in [3.63, 3.8) is 0 Å². The van der Waals surface area contributed by atoms with Crippen molar-refractivity contribution in [1.29, 1.82) is 0 Å². The molecule has 0 aliphatic carbocycles. The number of aryl methyl sites for hydroxylation is 3. The number of nitrogens with one attached hydrogen (secondary N) is 2. The molecule has 2 rings (SSSR count). The average molecular weight is 408 g/mol. The molecule has 0 aliphatic rings. The lowest BCUT2D eigenvalue weighted by Crippen LogP contribution is -2.56. The van der Waals surface area contributed by atoms with Crippen LogP contribution in [0, 0.1) is 20.8 Å². The van der Waals surface area contributed by atoms with Gasteiger partial charge in [-0.05, 0) is 71.3 Å². The molecular formula is C22H29BN4O3. The Labute approximate surface area is 178 Å². The summed E-state index contributed by atoms with van der Waals surface area (Å²) < 4.78 is 0. The Bertz CT molecular complexity index is 949. The topological polar surface area (TPSA) is 94.0 Å². The Morgan fingerprint density at radius 1 is 1.03 bits per heavy atom. The van der Waals surface area contributed by atoms with Crippen LogP contribution in [0.3, 0.4) is 0 Å². The summed E-state index contributed by atoms with van der Waals surface area (Å²) in [6.07, 6.45) is 0. The number of benzene rings is 2. The van der Waals surface area contributed by atoms with Crippen LogP contribution in [0.1, 0.15) is 58.2 Å². The number of hydrogen-bond donors (Lipinski definition) is 3. The number of hydrazone groups is 1. The van der Waals surface area contributed by atoms with E-state index in [1.807, 2.05) is 47.6 Å². The van der Waals surface area contributed by atoms with Crippen molar-refractivity contribution in [2.75, 3.05) is 0 Å². The highest BCUT2D eigenvalue weighted by atomic mass is 16.2. The Kier molecular flexibility index (Phi) is 7.05. The number of carbonyl (C=O) groups is 2. The average Bonchev–Trinajstić information content (AvgIpc) is 2.64. The van der Waals surface area contributed by atoms with E-state index in [4.69, 9.17) is 0 Å². The minimum absolute atomic E-state index is 0.299. The predicted molar refractivity (Wildman–Crippen MR) is 121 cm³/mol. The first-order valence-corrected chi connectivity index (χ1v) is 9.67. The minimum atomic E-state index is -1.09. The predicted octanol–water partition coefficient (Wildman–Crippen LogP) is 2.09. The van der Waals surface area contributed by atoms with E-state index in [9.17, 15) is 14.6 Å². The van der Waals surface area contributed by atoms with Crippen LogP contribution in [-0.4, -0.2) is 41.2 Å². The van der Waals surface area contributed by atoms with Crippen LogP contribution >= 0.6 is 0 Å². The SMILES string of the molecule is C=NNB(O)c1cc(C(=O)NN(C(=O)c2cc(C)cc(C)c2)C(C)(C)C)ccc1C. The van der Waals surface area contributed by atoms with Crippen molar-refractivity contribution in [2.24, 2.45) is 5.10 Å². The maximum Gasteiger partial charge on any atom is 0.463 e. The van der Waals surface area contributed by atoms with E-state index in [1.165, 1.54) is 5.01 Å². The maximum atomic E-state index is 13.2. The third-order valence-electron chi connectivity index (χ3n) is 4.61. The molecular weight excluding hydrogens is 379 g/mol. The van der Waals surface area contributed by atoms with E-state index in [1.54, 1.807) is 30.3 Å². The van der Waals surface area contributed by atoms with Gasteiger partial charge >= 0.3 is 7.05 Å². The number of carbonyl (C=O) groups excluding carboxylic acids is 2. The third kappa shape index (κ3) is 5.48. The monoisotopic (exact) mass is 408 g/mol. The highest BCUT2D eigenvalue weighted by molar-refractivity contribution is 6.64. The molecule has 3 N–H and O–H groups in total. The molecule has 0 bridgehead atoms. The van der Waals surface area contributed by atoms with Crippen LogP contribution in [0.5, 0.6) is 0 Å². The smallest absolute Gasteiger partial charge is 0.428 e. The lowest BCUT2D eigenvalue weighted by Gasteiger charge is -2.35. The summed E-state index contributed by atoms with van der Waals surface area (Å²) in [5.74, 6) is -0.754. The summed E-state index contributed by atoms with van der Waals surface area (Å²) in [7, 11) is -1.09. The van der Waals surface area contributed by atoms with Gasteiger partial charge in [-0.3, -0.25) is 15.0 Å². The molecule has 0 saturated carbocycles. The molecule has 7 nitrogen and oxygen atoms in total. The number of amides is 2. The van der Waals surface area contributed by atoms with E-state index >= 15 is 0 Å². The summed E-state index contributed by atoms with van der Waals surface area (Å²) in [4.78, 5) is 26.2. The standard InChI is InChI=1S/C22H29BN4O3/c1-14-10-15(2)12-18(11-14)21(29)27(22(4,5)6)25-20(28)17-9-8-16(3)19(13-17)23(30)26-24-7/h8-13,26,30H,7H2,1-6H3,(H,25,28). The molecule has 0 fully saturated rings. The first-order chi connectivity index (χ1) is 13.9. The summed E-state index contributed by atoms with van der Waals surface area (Å²) >= 11 is 0. The second kappa shape index (κ2) is 9.13. The summed E-state index contributed by atoms with van der Waals surface area (Å²) in [5, 5.41) is 17.4. The molecule has 0 aromatic heterocycles. The van der Waals surface area contributed by atoms with Crippen LogP contribution in [0.4, 0.5) is 0 Å². The molecule has 2 aromatic rings. The first kappa shape index (κ1) is 23.2. The summed E-state index contributed by atoms with van der Waals surface area (Å²) in [5.41, 5.74) is 6.11. The molecule has 2 aromatic carbocycles. The zero-order chi connectivity index (χ0) is 22.6. The van der Waals surface area contributed by atoms with Gasteiger partial charge in [0.25, 0.3) is 11.8 Å². The Balaban J connectivity index is 2.35. The number of rotatable bonds is 5. The van der Waals surface area contributed by atoms with Crippen LogP contribution < -0.4 is 16.2 Å². The molecule has 0 aliphatic heterocycles. The fourth-order valence-electron chi connectivity index (χ4n) is 3.15. The van der Waals surface area contributed by atoms with E-state index in [0.717, 1.165) is 16.7 Å². The van der Waals surface area contributed by atoms with Gasteiger partial charge in [-0.15, -0.1) is 0 Å². The highest BCUT2D eigenvalue weighted by Crippen LogP contribution is 2.18.